The van der Waals surface area contributed by atoms with Crippen LogP contribution >= 0.6 is 22.7 Å². The zero-order chi connectivity index (χ0) is 29.5. The van der Waals surface area contributed by atoms with Crippen LogP contribution in [0.4, 0.5) is 4.79 Å². The van der Waals surface area contributed by atoms with Crippen LogP contribution in [0, 0.1) is 0 Å². The molecule has 4 aromatic carbocycles. The summed E-state index contributed by atoms with van der Waals surface area (Å²) in [5.41, 5.74) is 0.756. The molecule has 0 saturated heterocycles. The highest BCUT2D eigenvalue weighted by Gasteiger charge is 2.36. The molecule has 0 radical (unpaired) electrons. The summed E-state index contributed by atoms with van der Waals surface area (Å²) in [7, 11) is 0. The van der Waals surface area contributed by atoms with Crippen molar-refractivity contribution in [1.29, 1.82) is 0 Å². The fourth-order valence-corrected chi connectivity index (χ4v) is 7.68. The van der Waals surface area contributed by atoms with E-state index < -0.39 is 17.2 Å². The van der Waals surface area contributed by atoms with Gasteiger partial charge >= 0.3 is 6.16 Å². The number of Topliss-reactive ketones (excluding diaryl/α,β-unsaturated/α-hetero) is 1. The maximum absolute atomic E-state index is 14.5. The number of ether oxygens (including phenoxy) is 2. The van der Waals surface area contributed by atoms with E-state index in [1.807, 2.05) is 137 Å². The molecule has 0 aliphatic carbocycles. The van der Waals surface area contributed by atoms with Crippen LogP contribution in [0.15, 0.2) is 109 Å². The highest BCUT2D eigenvalue weighted by Crippen LogP contribution is 2.51. The molecule has 0 saturated carbocycles. The monoisotopic (exact) mass is 590 g/mol. The lowest BCUT2D eigenvalue weighted by Crippen LogP contribution is -2.29. The second-order valence-electron chi connectivity index (χ2n) is 11.2. The molecule has 0 amide bonds. The zero-order valence-electron chi connectivity index (χ0n) is 23.8. The van der Waals surface area contributed by atoms with Crippen LogP contribution < -0.4 is 4.74 Å². The van der Waals surface area contributed by atoms with Gasteiger partial charge in [0.15, 0.2) is 11.5 Å². The fourth-order valence-electron chi connectivity index (χ4n) is 5.21. The van der Waals surface area contributed by atoms with E-state index in [2.05, 4.69) is 0 Å². The van der Waals surface area contributed by atoms with Crippen LogP contribution in [0.2, 0.25) is 0 Å². The third kappa shape index (κ3) is 5.02. The molecule has 6 heteroatoms. The number of rotatable bonds is 7. The molecule has 0 fully saturated rings. The van der Waals surface area contributed by atoms with Crippen molar-refractivity contribution in [2.45, 2.75) is 38.7 Å². The van der Waals surface area contributed by atoms with Gasteiger partial charge in [0, 0.05) is 25.7 Å². The van der Waals surface area contributed by atoms with Crippen molar-refractivity contribution in [3.05, 3.63) is 126 Å². The fraction of sp³-hybridized carbons (Fsp3) is 0.167. The van der Waals surface area contributed by atoms with Gasteiger partial charge in [0.25, 0.3) is 0 Å². The molecule has 0 unspecified atom stereocenters. The molecule has 0 N–H and O–H groups in total. The highest BCUT2D eigenvalue weighted by atomic mass is 32.1. The Bertz CT molecular complexity index is 1910. The van der Waals surface area contributed by atoms with E-state index in [0.717, 1.165) is 41.1 Å². The summed E-state index contributed by atoms with van der Waals surface area (Å²) in [6.45, 7) is 7.60. The van der Waals surface area contributed by atoms with Crippen molar-refractivity contribution in [1.82, 2.24) is 0 Å². The molecule has 4 nitrogen and oxygen atoms in total. The number of carbonyl (C=O) groups is 2. The Kier molecular flexibility index (Phi) is 7.21. The number of thiophene rings is 2. The molecule has 6 rings (SSSR count). The Labute approximate surface area is 253 Å². The predicted octanol–water partition coefficient (Wildman–Crippen LogP) is 10.4. The van der Waals surface area contributed by atoms with Gasteiger partial charge in [-0.1, -0.05) is 91.0 Å². The van der Waals surface area contributed by atoms with Gasteiger partial charge < -0.3 is 9.47 Å². The van der Waals surface area contributed by atoms with Crippen molar-refractivity contribution >= 4 is 54.8 Å². The topological polar surface area (TPSA) is 52.6 Å². The molecule has 0 bridgehead atoms. The van der Waals surface area contributed by atoms with Gasteiger partial charge in [0.1, 0.15) is 5.60 Å². The average molecular weight is 591 g/mol. The minimum atomic E-state index is -0.900. The van der Waals surface area contributed by atoms with E-state index >= 15 is 0 Å². The van der Waals surface area contributed by atoms with Crippen LogP contribution in [0.5, 0.6) is 5.75 Å². The van der Waals surface area contributed by atoms with Gasteiger partial charge in [-0.3, -0.25) is 4.79 Å². The summed E-state index contributed by atoms with van der Waals surface area (Å²) in [6.07, 6.45) is -0.799. The number of carbonyl (C=O) groups excluding carboxylic acids is 2. The molecule has 42 heavy (non-hydrogen) atoms. The predicted molar refractivity (Wildman–Crippen MR) is 173 cm³/mol. The number of hydrogen-bond acceptors (Lipinski definition) is 6. The maximum Gasteiger partial charge on any atom is 0.514 e. The van der Waals surface area contributed by atoms with Crippen LogP contribution in [-0.2, 0) is 15.8 Å². The Balaban J connectivity index is 1.48. The van der Waals surface area contributed by atoms with Gasteiger partial charge in [-0.2, -0.15) is 0 Å². The van der Waals surface area contributed by atoms with E-state index in [0.29, 0.717) is 11.3 Å². The zero-order valence-corrected chi connectivity index (χ0v) is 25.5. The van der Waals surface area contributed by atoms with Crippen molar-refractivity contribution in [3.63, 3.8) is 0 Å². The van der Waals surface area contributed by atoms with E-state index in [1.54, 1.807) is 11.3 Å². The Morgan fingerprint density at radius 1 is 0.595 bits per heavy atom. The molecule has 210 valence electrons. The lowest BCUT2D eigenvalue weighted by atomic mass is 9.77. The number of ketones is 1. The van der Waals surface area contributed by atoms with Gasteiger partial charge in [0.2, 0.25) is 0 Å². The standard InChI is InChI=1S/C36H30O4S2/c1-35(2,23-15-7-5-8-16-23)33(37)29-25-19-11-13-21-27(25)41-31(29)32-30(26-20-12-14-22-28(26)42-32)39-34(38)40-36(3,4)24-17-9-6-10-18-24/h5-22H,1-4H3. The van der Waals surface area contributed by atoms with Crippen LogP contribution in [0.3, 0.4) is 0 Å². The molecule has 2 heterocycles. The maximum atomic E-state index is 14.5. The van der Waals surface area contributed by atoms with Crippen LogP contribution in [0.1, 0.15) is 49.2 Å². The molecule has 6 aromatic rings. The Hall–Kier alpha value is -4.26. The van der Waals surface area contributed by atoms with Gasteiger partial charge in [0.05, 0.1) is 15.2 Å². The first-order valence-corrected chi connectivity index (χ1v) is 15.4. The summed E-state index contributed by atoms with van der Waals surface area (Å²) >= 11 is 3.05. The number of benzene rings is 4. The molecule has 0 spiro atoms. The largest absolute Gasteiger partial charge is 0.514 e. The van der Waals surface area contributed by atoms with Gasteiger partial charge in [-0.15, -0.1) is 22.7 Å². The minimum absolute atomic E-state index is 0.0114. The van der Waals surface area contributed by atoms with E-state index in [9.17, 15) is 9.59 Å². The van der Waals surface area contributed by atoms with E-state index in [4.69, 9.17) is 9.47 Å². The van der Waals surface area contributed by atoms with Gasteiger partial charge in [-0.25, -0.2) is 4.79 Å². The van der Waals surface area contributed by atoms with Gasteiger partial charge in [-0.05, 0) is 57.0 Å². The molecule has 0 aliphatic rings. The second-order valence-corrected chi connectivity index (χ2v) is 13.3. The molecule has 0 aliphatic heterocycles. The number of fused-ring (bicyclic) bond motifs is 2. The van der Waals surface area contributed by atoms with Crippen molar-refractivity contribution in [2.75, 3.05) is 0 Å². The van der Waals surface area contributed by atoms with E-state index in [-0.39, 0.29) is 5.78 Å². The Morgan fingerprint density at radius 2 is 1.10 bits per heavy atom. The molecular weight excluding hydrogens is 561 g/mol. The summed E-state index contributed by atoms with van der Waals surface area (Å²) in [5, 5.41) is 1.69. The highest BCUT2D eigenvalue weighted by molar-refractivity contribution is 7.29. The summed E-state index contributed by atoms with van der Waals surface area (Å²) < 4.78 is 13.9. The lowest BCUT2D eigenvalue weighted by Gasteiger charge is -2.25. The van der Waals surface area contributed by atoms with Crippen molar-refractivity contribution < 1.29 is 19.1 Å². The first-order chi connectivity index (χ1) is 20.2. The normalized spacial score (nSPS) is 12.0. The average Bonchev–Trinajstić information content (AvgIpc) is 3.56. The first-order valence-electron chi connectivity index (χ1n) is 13.8. The summed E-state index contributed by atoms with van der Waals surface area (Å²) in [6, 6.07) is 35.2. The summed E-state index contributed by atoms with van der Waals surface area (Å²) in [5.74, 6) is 0.417. The first kappa shape index (κ1) is 27.9. The van der Waals surface area contributed by atoms with Crippen LogP contribution in [0.25, 0.3) is 29.9 Å². The van der Waals surface area contributed by atoms with Crippen molar-refractivity contribution in [3.8, 4) is 15.5 Å². The van der Waals surface area contributed by atoms with Crippen LogP contribution in [-0.4, -0.2) is 11.9 Å². The van der Waals surface area contributed by atoms with Crippen molar-refractivity contribution in [2.24, 2.45) is 0 Å². The lowest BCUT2D eigenvalue weighted by molar-refractivity contribution is 0.00679. The molecule has 2 aromatic heterocycles. The third-order valence-corrected chi connectivity index (χ3v) is 10.1. The number of hydrogen-bond donors (Lipinski definition) is 0. The Morgan fingerprint density at radius 3 is 1.74 bits per heavy atom. The molecular formula is C36H30O4S2. The molecule has 0 atom stereocenters. The second kappa shape index (κ2) is 10.9. The third-order valence-electron chi connectivity index (χ3n) is 7.63. The minimum Gasteiger partial charge on any atom is -0.423 e. The summed E-state index contributed by atoms with van der Waals surface area (Å²) in [4.78, 5) is 29.4. The smallest absolute Gasteiger partial charge is 0.423 e. The van der Waals surface area contributed by atoms with E-state index in [1.165, 1.54) is 11.3 Å². The quantitative estimate of drug-likeness (QED) is 0.137. The SMILES string of the molecule is CC(C)(OC(=O)Oc1c(-c2sc3ccccc3c2C(=O)C(C)(C)c2ccccc2)sc2ccccc12)c1ccccc1.